The first-order valence-electron chi connectivity index (χ1n) is 7.14. The summed E-state index contributed by atoms with van der Waals surface area (Å²) in [6.45, 7) is 9.17. The molecule has 0 aromatic carbocycles. The summed E-state index contributed by atoms with van der Waals surface area (Å²) in [4.78, 5) is 34.8. The summed E-state index contributed by atoms with van der Waals surface area (Å²) in [6.07, 6.45) is 0. The fourth-order valence-electron chi connectivity index (χ4n) is 1.19. The Hall–Kier alpha value is -0.564. The van der Waals surface area contributed by atoms with E-state index in [-0.39, 0.29) is 62.5 Å². The molecule has 11 heteroatoms. The van der Waals surface area contributed by atoms with Crippen molar-refractivity contribution >= 4 is 79.4 Å². The predicted octanol–water partition coefficient (Wildman–Crippen LogP) is 0.0122. The molecular formula is C15H23KO9S. The van der Waals surface area contributed by atoms with E-state index < -0.39 is 59.0 Å². The van der Waals surface area contributed by atoms with E-state index in [4.69, 9.17) is 18.8 Å². The fourth-order valence-corrected chi connectivity index (χ4v) is 1.43. The predicted molar refractivity (Wildman–Crippen MR) is 94.2 cm³/mol. The second-order valence-electron chi connectivity index (χ2n) is 5.41. The number of rotatable bonds is 10. The van der Waals surface area contributed by atoms with Crippen LogP contribution in [0.3, 0.4) is 0 Å². The van der Waals surface area contributed by atoms with Gasteiger partial charge in [0, 0.05) is 11.1 Å². The Balaban J connectivity index is 0. The van der Waals surface area contributed by atoms with Crippen LogP contribution in [0.1, 0.15) is 20.8 Å². The number of ether oxygens (including phenoxy) is 3. The van der Waals surface area contributed by atoms with Crippen LogP contribution in [-0.2, 0) is 38.7 Å². The molecule has 1 atom stereocenters. The topological polar surface area (TPSA) is 133 Å². The first-order valence-corrected chi connectivity index (χ1v) is 8.64. The maximum absolute atomic E-state index is 12.0. The molecule has 0 spiro atoms. The fraction of sp³-hybridized carbons (Fsp3) is 0.533. The Labute approximate surface area is 195 Å². The monoisotopic (exact) mass is 418 g/mol. The van der Waals surface area contributed by atoms with E-state index in [0.717, 1.165) is 6.92 Å². The minimum absolute atomic E-state index is 0. The van der Waals surface area contributed by atoms with E-state index >= 15 is 0 Å². The number of carbonyl (C=O) groups is 3. The summed E-state index contributed by atoms with van der Waals surface area (Å²) in [5.41, 5.74) is 0.206. The van der Waals surface area contributed by atoms with Crippen LogP contribution >= 0.6 is 0 Å². The van der Waals surface area contributed by atoms with Crippen molar-refractivity contribution in [2.75, 3.05) is 19.8 Å². The van der Waals surface area contributed by atoms with Crippen molar-refractivity contribution in [3.05, 3.63) is 24.3 Å². The van der Waals surface area contributed by atoms with Crippen molar-refractivity contribution in [2.45, 2.75) is 26.0 Å². The van der Waals surface area contributed by atoms with Gasteiger partial charge in [0.2, 0.25) is 0 Å². The third kappa shape index (κ3) is 11.2. The molecule has 0 aromatic rings. The van der Waals surface area contributed by atoms with Gasteiger partial charge in [0.25, 0.3) is 10.1 Å². The zero-order chi connectivity index (χ0) is 19.8. The Morgan fingerprint density at radius 2 is 1.31 bits per heavy atom. The second kappa shape index (κ2) is 12.8. The van der Waals surface area contributed by atoms with Crippen molar-refractivity contribution in [1.29, 1.82) is 0 Å². The standard InChI is InChI=1S/C15H22O9S.K.H/c1-9(2)13(16)23-7-12(8-24-14(17)10(3)4)15(18)22-6-11(5)25(19,20)21;;/h11-12H,1,3,6-8H2,2,4-5H3,(H,19,20,21);;. The number of carbonyl (C=O) groups excluding carboxylic acids is 3. The van der Waals surface area contributed by atoms with Gasteiger partial charge in [0.1, 0.15) is 31.0 Å². The number of esters is 3. The van der Waals surface area contributed by atoms with Crippen LogP contribution in [0, 0.1) is 5.92 Å². The molecule has 0 bridgehead atoms. The zero-order valence-corrected chi connectivity index (χ0v) is 15.1. The summed E-state index contributed by atoms with van der Waals surface area (Å²) in [5, 5.41) is -1.34. The van der Waals surface area contributed by atoms with Gasteiger partial charge in [-0.3, -0.25) is 9.35 Å². The van der Waals surface area contributed by atoms with Crippen LogP contribution in [0.15, 0.2) is 24.3 Å². The molecule has 26 heavy (non-hydrogen) atoms. The molecule has 0 amide bonds. The van der Waals surface area contributed by atoms with Gasteiger partial charge in [0.15, 0.2) is 0 Å². The molecule has 144 valence electrons. The van der Waals surface area contributed by atoms with Crippen LogP contribution in [0.25, 0.3) is 0 Å². The van der Waals surface area contributed by atoms with Gasteiger partial charge in [0.05, 0.1) is 0 Å². The van der Waals surface area contributed by atoms with E-state index in [2.05, 4.69) is 13.2 Å². The summed E-state index contributed by atoms with van der Waals surface area (Å²) in [5.74, 6) is -3.65. The van der Waals surface area contributed by atoms with Crippen LogP contribution in [-0.4, -0.2) is 107 Å². The SMILES string of the molecule is C=C(C)C(=O)OCC(COC(=O)C(=C)C)C(=O)OCC(C)S(=O)(=O)O.[KH]. The third-order valence-electron chi connectivity index (χ3n) is 2.83. The van der Waals surface area contributed by atoms with Gasteiger partial charge in [-0.2, -0.15) is 8.42 Å². The molecule has 0 aliphatic heterocycles. The Bertz CT molecular complexity index is 624. The molecule has 0 aliphatic carbocycles. The third-order valence-corrected chi connectivity index (χ3v) is 3.98. The molecule has 1 unspecified atom stereocenters. The summed E-state index contributed by atoms with van der Waals surface area (Å²) < 4.78 is 45.1. The summed E-state index contributed by atoms with van der Waals surface area (Å²) in [6, 6.07) is 0. The molecule has 9 nitrogen and oxygen atoms in total. The first-order chi connectivity index (χ1) is 11.4. The molecule has 0 rings (SSSR count). The molecule has 0 saturated heterocycles. The Morgan fingerprint density at radius 3 is 1.62 bits per heavy atom. The van der Waals surface area contributed by atoms with E-state index in [9.17, 15) is 22.8 Å². The molecule has 0 fully saturated rings. The number of hydrogen-bond acceptors (Lipinski definition) is 8. The molecule has 0 heterocycles. The molecule has 1 N–H and O–H groups in total. The van der Waals surface area contributed by atoms with Gasteiger partial charge in [-0.1, -0.05) is 13.2 Å². The van der Waals surface area contributed by atoms with Crippen LogP contribution < -0.4 is 0 Å². The van der Waals surface area contributed by atoms with Crippen molar-refractivity contribution in [3.63, 3.8) is 0 Å². The normalized spacial score (nSPS) is 11.7. The minimum atomic E-state index is -4.37. The van der Waals surface area contributed by atoms with E-state index in [1.807, 2.05) is 0 Å². The Morgan fingerprint density at radius 1 is 0.923 bits per heavy atom. The van der Waals surface area contributed by atoms with E-state index in [1.54, 1.807) is 0 Å². The molecular weight excluding hydrogens is 395 g/mol. The van der Waals surface area contributed by atoms with E-state index in [1.165, 1.54) is 13.8 Å². The molecule has 0 saturated carbocycles. The molecule has 0 radical (unpaired) electrons. The Kier molecular flexibility index (Phi) is 13.6. The van der Waals surface area contributed by atoms with Crippen LogP contribution in [0.2, 0.25) is 0 Å². The van der Waals surface area contributed by atoms with Crippen molar-refractivity contribution < 1.29 is 41.6 Å². The molecule has 0 aromatic heterocycles. The average Bonchev–Trinajstić information content (AvgIpc) is 2.50. The first kappa shape index (κ1) is 27.7. The summed E-state index contributed by atoms with van der Waals surface area (Å²) >= 11 is 0. The summed E-state index contributed by atoms with van der Waals surface area (Å²) in [7, 11) is -4.37. The van der Waals surface area contributed by atoms with Gasteiger partial charge in [-0.15, -0.1) is 0 Å². The molecule has 0 aliphatic rings. The van der Waals surface area contributed by atoms with Gasteiger partial charge >= 0.3 is 69.3 Å². The van der Waals surface area contributed by atoms with Gasteiger partial charge < -0.3 is 14.2 Å². The van der Waals surface area contributed by atoms with E-state index in [0.29, 0.717) is 0 Å². The zero-order valence-electron chi connectivity index (χ0n) is 14.3. The van der Waals surface area contributed by atoms with Crippen molar-refractivity contribution in [1.82, 2.24) is 0 Å². The quantitative estimate of drug-likeness (QED) is 0.171. The average molecular weight is 419 g/mol. The van der Waals surface area contributed by atoms with Crippen LogP contribution in [0.5, 0.6) is 0 Å². The van der Waals surface area contributed by atoms with Gasteiger partial charge in [-0.25, -0.2) is 9.59 Å². The van der Waals surface area contributed by atoms with Crippen molar-refractivity contribution in [3.8, 4) is 0 Å². The van der Waals surface area contributed by atoms with Crippen molar-refractivity contribution in [2.24, 2.45) is 5.92 Å². The van der Waals surface area contributed by atoms with Crippen LogP contribution in [0.4, 0.5) is 0 Å². The number of hydrogen-bond donors (Lipinski definition) is 1. The second-order valence-corrected chi connectivity index (χ2v) is 7.24. The maximum atomic E-state index is 12.0. The van der Waals surface area contributed by atoms with Gasteiger partial charge in [-0.05, 0) is 20.8 Å².